The van der Waals surface area contributed by atoms with Gasteiger partial charge in [-0.05, 0) is 6.07 Å². The van der Waals surface area contributed by atoms with Gasteiger partial charge in [-0.3, -0.25) is 4.68 Å². The summed E-state index contributed by atoms with van der Waals surface area (Å²) in [5.41, 5.74) is 5.07. The third-order valence-corrected chi connectivity index (χ3v) is 2.31. The first-order chi connectivity index (χ1) is 7.31. The van der Waals surface area contributed by atoms with Crippen molar-refractivity contribution in [2.75, 3.05) is 0 Å². The summed E-state index contributed by atoms with van der Waals surface area (Å²) in [7, 11) is 1.86. The van der Waals surface area contributed by atoms with Crippen LogP contribution in [0, 0.1) is 0 Å². The van der Waals surface area contributed by atoms with Crippen molar-refractivity contribution < 1.29 is 5.21 Å². The summed E-state index contributed by atoms with van der Waals surface area (Å²) in [5, 5.41) is 13.0. The monoisotopic (exact) mass is 203 g/mol. The van der Waals surface area contributed by atoms with Crippen molar-refractivity contribution in [3.05, 3.63) is 42.1 Å². The highest BCUT2D eigenvalue weighted by atomic mass is 16.5. The molecule has 0 spiro atoms. The lowest BCUT2D eigenvalue weighted by molar-refractivity contribution is 0.158. The molecule has 2 N–H and O–H groups in total. The maximum atomic E-state index is 8.63. The minimum atomic E-state index is 0.399. The molecular formula is C11H13N3O. The molecule has 1 heterocycles. The highest BCUT2D eigenvalue weighted by Gasteiger charge is 2.05. The zero-order valence-corrected chi connectivity index (χ0v) is 8.51. The second-order valence-electron chi connectivity index (χ2n) is 3.35. The van der Waals surface area contributed by atoms with Crippen LogP contribution in [-0.2, 0) is 13.6 Å². The summed E-state index contributed by atoms with van der Waals surface area (Å²) < 4.78 is 1.76. The zero-order valence-electron chi connectivity index (χ0n) is 8.51. The number of rotatable bonds is 3. The number of hydrogen-bond acceptors (Lipinski definition) is 3. The number of aromatic nitrogens is 2. The van der Waals surface area contributed by atoms with Crippen molar-refractivity contribution in [1.29, 1.82) is 0 Å². The molecule has 0 radical (unpaired) electrons. The summed E-state index contributed by atoms with van der Waals surface area (Å²) >= 11 is 0. The lowest BCUT2D eigenvalue weighted by atomic mass is 10.1. The van der Waals surface area contributed by atoms with E-state index in [4.69, 9.17) is 5.21 Å². The quantitative estimate of drug-likeness (QED) is 0.744. The van der Waals surface area contributed by atoms with Crippen LogP contribution >= 0.6 is 0 Å². The second kappa shape index (κ2) is 4.25. The normalized spacial score (nSPS) is 10.5. The van der Waals surface area contributed by atoms with Crippen LogP contribution in [-0.4, -0.2) is 15.0 Å². The van der Waals surface area contributed by atoms with Gasteiger partial charge in [-0.1, -0.05) is 30.3 Å². The maximum Gasteiger partial charge on any atom is 0.0926 e. The van der Waals surface area contributed by atoms with Gasteiger partial charge in [-0.15, -0.1) is 0 Å². The molecule has 1 aromatic heterocycles. The van der Waals surface area contributed by atoms with Crippen LogP contribution in [0.5, 0.6) is 0 Å². The molecule has 1 aromatic carbocycles. The van der Waals surface area contributed by atoms with E-state index in [0.717, 1.165) is 17.0 Å². The lowest BCUT2D eigenvalue weighted by Gasteiger charge is -1.96. The van der Waals surface area contributed by atoms with Gasteiger partial charge in [0.2, 0.25) is 0 Å². The minimum Gasteiger partial charge on any atom is -0.316 e. The van der Waals surface area contributed by atoms with E-state index in [9.17, 15) is 0 Å². The lowest BCUT2D eigenvalue weighted by Crippen LogP contribution is -2.10. The van der Waals surface area contributed by atoms with Crippen LogP contribution < -0.4 is 5.48 Å². The molecule has 2 aromatic rings. The Morgan fingerprint density at radius 3 is 2.73 bits per heavy atom. The highest BCUT2D eigenvalue weighted by molar-refractivity contribution is 5.59. The molecule has 0 unspecified atom stereocenters. The van der Waals surface area contributed by atoms with Gasteiger partial charge in [0.1, 0.15) is 0 Å². The van der Waals surface area contributed by atoms with Crippen molar-refractivity contribution >= 4 is 0 Å². The van der Waals surface area contributed by atoms with Crippen LogP contribution in [0.4, 0.5) is 0 Å². The fourth-order valence-electron chi connectivity index (χ4n) is 1.50. The zero-order chi connectivity index (χ0) is 10.7. The van der Waals surface area contributed by atoms with Gasteiger partial charge in [0.15, 0.2) is 0 Å². The Morgan fingerprint density at radius 2 is 2.07 bits per heavy atom. The molecule has 4 heteroatoms. The molecule has 2 rings (SSSR count). The van der Waals surface area contributed by atoms with E-state index in [1.54, 1.807) is 4.68 Å². The molecule has 0 aliphatic rings. The van der Waals surface area contributed by atoms with Gasteiger partial charge in [-0.25, -0.2) is 0 Å². The molecule has 15 heavy (non-hydrogen) atoms. The standard InChI is InChI=1S/C11H13N3O/c1-14-10(8-12-15)7-11(13-14)9-5-3-2-4-6-9/h2-7,12,15H,8H2,1H3. The van der Waals surface area contributed by atoms with Crippen LogP contribution in [0.2, 0.25) is 0 Å². The largest absolute Gasteiger partial charge is 0.316 e. The molecule has 0 fully saturated rings. The second-order valence-corrected chi connectivity index (χ2v) is 3.35. The molecule has 78 valence electrons. The summed E-state index contributed by atoms with van der Waals surface area (Å²) in [6, 6.07) is 11.9. The van der Waals surface area contributed by atoms with Gasteiger partial charge in [0.25, 0.3) is 0 Å². The molecule has 0 bridgehead atoms. The van der Waals surface area contributed by atoms with Crippen molar-refractivity contribution in [1.82, 2.24) is 15.3 Å². The van der Waals surface area contributed by atoms with Crippen molar-refractivity contribution in [2.45, 2.75) is 6.54 Å². The molecule has 0 saturated carbocycles. The van der Waals surface area contributed by atoms with Crippen molar-refractivity contribution in [3.63, 3.8) is 0 Å². The maximum absolute atomic E-state index is 8.63. The van der Waals surface area contributed by atoms with Gasteiger partial charge in [-0.2, -0.15) is 10.6 Å². The molecule has 0 saturated heterocycles. The van der Waals surface area contributed by atoms with E-state index >= 15 is 0 Å². The average Bonchev–Trinajstić information content (AvgIpc) is 2.63. The summed E-state index contributed by atoms with van der Waals surface area (Å²) in [6.07, 6.45) is 0. The predicted octanol–water partition coefficient (Wildman–Crippen LogP) is 1.57. The van der Waals surface area contributed by atoms with Crippen LogP contribution in [0.1, 0.15) is 5.69 Å². The van der Waals surface area contributed by atoms with E-state index in [2.05, 4.69) is 10.6 Å². The summed E-state index contributed by atoms with van der Waals surface area (Å²) in [6.45, 7) is 0.399. The first kappa shape index (κ1) is 9.89. The van der Waals surface area contributed by atoms with Gasteiger partial charge in [0.05, 0.1) is 17.9 Å². The van der Waals surface area contributed by atoms with Gasteiger partial charge < -0.3 is 5.21 Å². The summed E-state index contributed by atoms with van der Waals surface area (Å²) in [4.78, 5) is 0. The molecular weight excluding hydrogens is 190 g/mol. The van der Waals surface area contributed by atoms with Crippen LogP contribution in [0.25, 0.3) is 11.3 Å². The Bertz CT molecular complexity index is 436. The number of benzene rings is 1. The minimum absolute atomic E-state index is 0.399. The van der Waals surface area contributed by atoms with Crippen molar-refractivity contribution in [3.8, 4) is 11.3 Å². The topological polar surface area (TPSA) is 50.1 Å². The fourth-order valence-corrected chi connectivity index (χ4v) is 1.50. The fraction of sp³-hybridized carbons (Fsp3) is 0.182. The first-order valence-corrected chi connectivity index (χ1v) is 4.76. The SMILES string of the molecule is Cn1nc(-c2ccccc2)cc1CNO. The van der Waals surface area contributed by atoms with E-state index in [0.29, 0.717) is 6.54 Å². The van der Waals surface area contributed by atoms with Gasteiger partial charge >= 0.3 is 0 Å². The third-order valence-electron chi connectivity index (χ3n) is 2.31. The van der Waals surface area contributed by atoms with Crippen LogP contribution in [0.3, 0.4) is 0 Å². The predicted molar refractivity (Wildman–Crippen MR) is 57.3 cm³/mol. The highest BCUT2D eigenvalue weighted by Crippen LogP contribution is 2.17. The molecule has 0 atom stereocenters. The molecule has 0 aliphatic carbocycles. The molecule has 4 nitrogen and oxygen atoms in total. The first-order valence-electron chi connectivity index (χ1n) is 4.76. The van der Waals surface area contributed by atoms with E-state index < -0.39 is 0 Å². The molecule has 0 amide bonds. The van der Waals surface area contributed by atoms with E-state index in [-0.39, 0.29) is 0 Å². The van der Waals surface area contributed by atoms with Gasteiger partial charge in [0, 0.05) is 12.6 Å². The molecule has 0 aliphatic heterocycles. The third kappa shape index (κ3) is 2.06. The number of aryl methyl sites for hydroxylation is 1. The Labute approximate surface area is 88.1 Å². The number of hydrogen-bond donors (Lipinski definition) is 2. The smallest absolute Gasteiger partial charge is 0.0926 e. The summed E-state index contributed by atoms with van der Waals surface area (Å²) in [5.74, 6) is 0. The Morgan fingerprint density at radius 1 is 1.33 bits per heavy atom. The van der Waals surface area contributed by atoms with E-state index in [1.807, 2.05) is 43.4 Å². The number of nitrogens with one attached hydrogen (secondary N) is 1. The Hall–Kier alpha value is -1.65. The number of hydroxylamine groups is 1. The Kier molecular flexibility index (Phi) is 2.80. The number of nitrogens with zero attached hydrogens (tertiary/aromatic N) is 2. The Balaban J connectivity index is 2.34. The van der Waals surface area contributed by atoms with Crippen LogP contribution in [0.15, 0.2) is 36.4 Å². The average molecular weight is 203 g/mol. The van der Waals surface area contributed by atoms with E-state index in [1.165, 1.54) is 0 Å². The van der Waals surface area contributed by atoms with Crippen molar-refractivity contribution in [2.24, 2.45) is 7.05 Å².